The van der Waals surface area contributed by atoms with Gasteiger partial charge in [0.15, 0.2) is 0 Å². The number of carbonyl (C=O) groups is 1. The maximum Gasteiger partial charge on any atom is 0.257 e. The van der Waals surface area contributed by atoms with E-state index in [2.05, 4.69) is 20.9 Å². The molecule has 2 aromatic rings. The average Bonchev–Trinajstić information content (AvgIpc) is 2.42. The van der Waals surface area contributed by atoms with Gasteiger partial charge in [-0.15, -0.1) is 0 Å². The minimum atomic E-state index is -0.246. The molecule has 1 amide bonds. The second kappa shape index (κ2) is 5.84. The summed E-state index contributed by atoms with van der Waals surface area (Å²) in [5, 5.41) is 9.74. The molecule has 1 heterocycles. The van der Waals surface area contributed by atoms with E-state index in [0.717, 1.165) is 10.2 Å². The van der Waals surface area contributed by atoms with Crippen molar-refractivity contribution in [2.45, 2.75) is 6.54 Å². The Balaban J connectivity index is 2.17. The third-order valence-corrected chi connectivity index (χ3v) is 3.15. The normalized spacial score (nSPS) is 10.2. The number of aromatic hydroxyl groups is 1. The third-order valence-electron chi connectivity index (χ3n) is 2.66. The molecule has 1 aromatic heterocycles. The van der Waals surface area contributed by atoms with Crippen LogP contribution in [0.4, 0.5) is 0 Å². The number of amides is 1. The SMILES string of the molecule is CN(Cc1ccccn1)C(=O)c1cc(Br)ccc1O. The molecule has 4 nitrogen and oxygen atoms in total. The van der Waals surface area contributed by atoms with E-state index < -0.39 is 0 Å². The molecule has 0 aliphatic carbocycles. The van der Waals surface area contributed by atoms with Crippen molar-refractivity contribution in [3.05, 3.63) is 58.3 Å². The smallest absolute Gasteiger partial charge is 0.257 e. The van der Waals surface area contributed by atoms with E-state index in [4.69, 9.17) is 0 Å². The van der Waals surface area contributed by atoms with E-state index in [1.54, 1.807) is 25.4 Å². The van der Waals surface area contributed by atoms with Crippen LogP contribution in [-0.2, 0) is 6.54 Å². The Kier molecular flexibility index (Phi) is 4.16. The Hall–Kier alpha value is -1.88. The van der Waals surface area contributed by atoms with E-state index in [1.165, 1.54) is 11.0 Å². The van der Waals surface area contributed by atoms with Gasteiger partial charge >= 0.3 is 0 Å². The number of halogens is 1. The number of aromatic nitrogens is 1. The number of hydrogen-bond acceptors (Lipinski definition) is 3. The molecule has 98 valence electrons. The van der Waals surface area contributed by atoms with Crippen LogP contribution < -0.4 is 0 Å². The highest BCUT2D eigenvalue weighted by Crippen LogP contribution is 2.23. The van der Waals surface area contributed by atoms with Gasteiger partial charge in [0.2, 0.25) is 0 Å². The number of phenols is 1. The van der Waals surface area contributed by atoms with Gasteiger partial charge in [-0.3, -0.25) is 9.78 Å². The molecule has 0 fully saturated rings. The summed E-state index contributed by atoms with van der Waals surface area (Å²) >= 11 is 3.29. The molecular weight excluding hydrogens is 308 g/mol. The summed E-state index contributed by atoms with van der Waals surface area (Å²) in [4.78, 5) is 17.9. The van der Waals surface area contributed by atoms with Gasteiger partial charge in [-0.2, -0.15) is 0 Å². The van der Waals surface area contributed by atoms with Crippen molar-refractivity contribution in [3.8, 4) is 5.75 Å². The monoisotopic (exact) mass is 320 g/mol. The number of pyridine rings is 1. The molecule has 0 unspecified atom stereocenters. The van der Waals surface area contributed by atoms with E-state index in [-0.39, 0.29) is 17.2 Å². The van der Waals surface area contributed by atoms with Crippen LogP contribution in [0.25, 0.3) is 0 Å². The van der Waals surface area contributed by atoms with Crippen molar-refractivity contribution < 1.29 is 9.90 Å². The van der Waals surface area contributed by atoms with Crippen LogP contribution in [0.1, 0.15) is 16.1 Å². The summed E-state index contributed by atoms with van der Waals surface area (Å²) in [7, 11) is 1.68. The summed E-state index contributed by atoms with van der Waals surface area (Å²) in [6, 6.07) is 10.3. The molecule has 0 spiro atoms. The number of phenolic OH excluding ortho intramolecular Hbond substituents is 1. The Labute approximate surface area is 119 Å². The van der Waals surface area contributed by atoms with Gasteiger partial charge in [0.1, 0.15) is 5.75 Å². The Morgan fingerprint density at radius 3 is 2.84 bits per heavy atom. The highest BCUT2D eigenvalue weighted by atomic mass is 79.9. The Morgan fingerprint density at radius 1 is 1.37 bits per heavy atom. The molecular formula is C14H13BrN2O2. The summed E-state index contributed by atoms with van der Waals surface area (Å²) in [5.74, 6) is -0.273. The van der Waals surface area contributed by atoms with Crippen molar-refractivity contribution in [1.29, 1.82) is 0 Å². The number of carbonyl (C=O) groups excluding carboxylic acids is 1. The van der Waals surface area contributed by atoms with Gasteiger partial charge in [0.05, 0.1) is 17.8 Å². The lowest BCUT2D eigenvalue weighted by Crippen LogP contribution is -2.26. The maximum atomic E-state index is 12.2. The van der Waals surface area contributed by atoms with Crippen LogP contribution in [0.3, 0.4) is 0 Å². The standard InChI is InChI=1S/C14H13BrN2O2/c1-17(9-11-4-2-3-7-16-11)14(19)12-8-10(15)5-6-13(12)18/h2-8,18H,9H2,1H3. The topological polar surface area (TPSA) is 53.4 Å². The van der Waals surface area contributed by atoms with Crippen molar-refractivity contribution >= 4 is 21.8 Å². The second-order valence-electron chi connectivity index (χ2n) is 4.14. The van der Waals surface area contributed by atoms with Crippen LogP contribution in [-0.4, -0.2) is 27.9 Å². The van der Waals surface area contributed by atoms with Crippen LogP contribution >= 0.6 is 15.9 Å². The number of hydrogen-bond donors (Lipinski definition) is 1. The minimum absolute atomic E-state index is 0.0268. The predicted molar refractivity (Wildman–Crippen MR) is 75.8 cm³/mol. The Morgan fingerprint density at radius 2 is 2.16 bits per heavy atom. The van der Waals surface area contributed by atoms with Crippen LogP contribution in [0.2, 0.25) is 0 Å². The summed E-state index contributed by atoms with van der Waals surface area (Å²) < 4.78 is 0.750. The predicted octanol–water partition coefficient (Wildman–Crippen LogP) is 2.82. The number of benzene rings is 1. The lowest BCUT2D eigenvalue weighted by Gasteiger charge is -2.17. The third kappa shape index (κ3) is 3.32. The van der Waals surface area contributed by atoms with Crippen LogP contribution in [0, 0.1) is 0 Å². The van der Waals surface area contributed by atoms with E-state index >= 15 is 0 Å². The van der Waals surface area contributed by atoms with Gasteiger partial charge in [0.25, 0.3) is 5.91 Å². The molecule has 0 radical (unpaired) electrons. The van der Waals surface area contributed by atoms with E-state index in [0.29, 0.717) is 6.54 Å². The number of nitrogens with zero attached hydrogens (tertiary/aromatic N) is 2. The highest BCUT2D eigenvalue weighted by molar-refractivity contribution is 9.10. The first-order valence-corrected chi connectivity index (χ1v) is 6.51. The minimum Gasteiger partial charge on any atom is -0.507 e. The Bertz CT molecular complexity index is 587. The first kappa shape index (κ1) is 13.5. The summed E-state index contributed by atoms with van der Waals surface area (Å²) in [5.41, 5.74) is 1.07. The zero-order valence-electron chi connectivity index (χ0n) is 10.4. The van der Waals surface area contributed by atoms with Crippen molar-refractivity contribution in [2.75, 3.05) is 7.05 Å². The highest BCUT2D eigenvalue weighted by Gasteiger charge is 2.16. The van der Waals surface area contributed by atoms with Gasteiger partial charge in [0, 0.05) is 17.7 Å². The zero-order chi connectivity index (χ0) is 13.8. The quantitative estimate of drug-likeness (QED) is 0.946. The maximum absolute atomic E-state index is 12.2. The zero-order valence-corrected chi connectivity index (χ0v) is 12.0. The van der Waals surface area contributed by atoms with E-state index in [1.807, 2.05) is 18.2 Å². The van der Waals surface area contributed by atoms with Gasteiger partial charge in [-0.1, -0.05) is 22.0 Å². The molecule has 0 aliphatic rings. The molecule has 0 saturated heterocycles. The second-order valence-corrected chi connectivity index (χ2v) is 5.06. The summed E-state index contributed by atoms with van der Waals surface area (Å²) in [6.07, 6.45) is 1.68. The fraction of sp³-hybridized carbons (Fsp3) is 0.143. The van der Waals surface area contributed by atoms with Gasteiger partial charge in [-0.05, 0) is 30.3 Å². The van der Waals surface area contributed by atoms with Crippen molar-refractivity contribution in [1.82, 2.24) is 9.88 Å². The van der Waals surface area contributed by atoms with Gasteiger partial charge < -0.3 is 10.0 Å². The molecule has 0 aliphatic heterocycles. The lowest BCUT2D eigenvalue weighted by molar-refractivity contribution is 0.0780. The van der Waals surface area contributed by atoms with Crippen LogP contribution in [0.15, 0.2) is 47.1 Å². The molecule has 2 rings (SSSR count). The molecule has 5 heteroatoms. The molecule has 0 bridgehead atoms. The molecule has 0 saturated carbocycles. The first-order chi connectivity index (χ1) is 9.08. The largest absolute Gasteiger partial charge is 0.507 e. The molecule has 19 heavy (non-hydrogen) atoms. The number of rotatable bonds is 3. The molecule has 1 N–H and O–H groups in total. The van der Waals surface area contributed by atoms with Crippen molar-refractivity contribution in [2.24, 2.45) is 0 Å². The van der Waals surface area contributed by atoms with Gasteiger partial charge in [-0.25, -0.2) is 0 Å². The van der Waals surface area contributed by atoms with Crippen LogP contribution in [0.5, 0.6) is 5.75 Å². The summed E-state index contributed by atoms with van der Waals surface area (Å²) in [6.45, 7) is 0.394. The van der Waals surface area contributed by atoms with Crippen molar-refractivity contribution in [3.63, 3.8) is 0 Å². The van der Waals surface area contributed by atoms with E-state index in [9.17, 15) is 9.90 Å². The molecule has 0 atom stereocenters. The fourth-order valence-corrected chi connectivity index (χ4v) is 2.05. The fourth-order valence-electron chi connectivity index (χ4n) is 1.69. The first-order valence-electron chi connectivity index (χ1n) is 5.72. The molecule has 1 aromatic carbocycles. The lowest BCUT2D eigenvalue weighted by atomic mass is 10.1. The average molecular weight is 321 g/mol.